The predicted octanol–water partition coefficient (Wildman–Crippen LogP) is 4.11. The van der Waals surface area contributed by atoms with E-state index >= 15 is 0 Å². The van der Waals surface area contributed by atoms with E-state index in [-0.39, 0.29) is 6.04 Å². The Bertz CT molecular complexity index is 644. The molecule has 0 aliphatic carbocycles. The van der Waals surface area contributed by atoms with Crippen molar-refractivity contribution < 1.29 is 4.74 Å². The average Bonchev–Trinajstić information content (AvgIpc) is 2.49. The van der Waals surface area contributed by atoms with Gasteiger partial charge in [-0.15, -0.1) is 0 Å². The first-order valence-corrected chi connectivity index (χ1v) is 7.79. The van der Waals surface area contributed by atoms with E-state index in [1.165, 1.54) is 5.56 Å². The van der Waals surface area contributed by atoms with E-state index in [9.17, 15) is 0 Å². The second kappa shape index (κ2) is 6.27. The van der Waals surface area contributed by atoms with Gasteiger partial charge >= 0.3 is 0 Å². The molecule has 1 aliphatic heterocycles. The van der Waals surface area contributed by atoms with E-state index in [0.29, 0.717) is 22.6 Å². The number of benzene rings is 2. The Morgan fingerprint density at radius 1 is 1.19 bits per heavy atom. The molecule has 2 unspecified atom stereocenters. The predicted molar refractivity (Wildman–Crippen MR) is 87.3 cm³/mol. The number of rotatable bonds is 3. The highest BCUT2D eigenvalue weighted by atomic mass is 35.5. The maximum Gasteiger partial charge on any atom is 0.122 e. The van der Waals surface area contributed by atoms with Gasteiger partial charge in [0.25, 0.3) is 0 Å². The topological polar surface area (TPSA) is 35.2 Å². The average molecular weight is 322 g/mol. The van der Waals surface area contributed by atoms with Crippen LogP contribution in [0.3, 0.4) is 0 Å². The fraction of sp³-hybridized carbons (Fsp3) is 0.294. The lowest BCUT2D eigenvalue weighted by Crippen LogP contribution is -2.39. The van der Waals surface area contributed by atoms with Gasteiger partial charge in [0.2, 0.25) is 0 Å². The summed E-state index contributed by atoms with van der Waals surface area (Å²) >= 11 is 12.1. The van der Waals surface area contributed by atoms with Crippen LogP contribution in [-0.4, -0.2) is 12.6 Å². The molecule has 1 aliphatic rings. The van der Waals surface area contributed by atoms with Crippen molar-refractivity contribution in [3.8, 4) is 5.75 Å². The molecule has 2 aromatic rings. The molecule has 0 saturated carbocycles. The molecule has 2 aromatic carbocycles. The molecule has 2 atom stereocenters. The van der Waals surface area contributed by atoms with Crippen LogP contribution in [0.25, 0.3) is 0 Å². The molecule has 0 radical (unpaired) electrons. The van der Waals surface area contributed by atoms with Gasteiger partial charge in [0, 0.05) is 22.0 Å². The summed E-state index contributed by atoms with van der Waals surface area (Å²) in [6.07, 6.45) is 1.68. The van der Waals surface area contributed by atoms with Crippen LogP contribution in [0.4, 0.5) is 0 Å². The highest BCUT2D eigenvalue weighted by molar-refractivity contribution is 6.35. The number of nitrogens with two attached hydrogens (primary N) is 1. The first-order chi connectivity index (χ1) is 10.1. The zero-order chi connectivity index (χ0) is 14.8. The maximum atomic E-state index is 6.37. The number of ether oxygens (including phenoxy) is 1. The summed E-state index contributed by atoms with van der Waals surface area (Å²) in [5, 5.41) is 1.32. The third kappa shape index (κ3) is 3.34. The van der Waals surface area contributed by atoms with Crippen molar-refractivity contribution in [2.24, 2.45) is 11.7 Å². The van der Waals surface area contributed by atoms with Crippen molar-refractivity contribution >= 4 is 23.2 Å². The lowest BCUT2D eigenvalue weighted by atomic mass is 9.87. The molecule has 4 heteroatoms. The summed E-state index contributed by atoms with van der Waals surface area (Å²) in [4.78, 5) is 0. The second-order valence-electron chi connectivity index (χ2n) is 5.49. The Morgan fingerprint density at radius 2 is 2.00 bits per heavy atom. The van der Waals surface area contributed by atoms with Gasteiger partial charge in [-0.05, 0) is 42.2 Å². The van der Waals surface area contributed by atoms with Crippen molar-refractivity contribution in [1.29, 1.82) is 0 Å². The van der Waals surface area contributed by atoms with E-state index in [0.717, 1.165) is 24.2 Å². The van der Waals surface area contributed by atoms with Crippen LogP contribution in [0.5, 0.6) is 5.75 Å². The SMILES string of the molecule is NC(Cc1ccc(Cl)cc1Cl)C1COc2ccccc2C1. The fourth-order valence-electron chi connectivity index (χ4n) is 2.73. The number of hydrogen-bond acceptors (Lipinski definition) is 2. The van der Waals surface area contributed by atoms with E-state index in [4.69, 9.17) is 33.7 Å². The van der Waals surface area contributed by atoms with Crippen LogP contribution in [-0.2, 0) is 12.8 Å². The summed E-state index contributed by atoms with van der Waals surface area (Å²) in [5.41, 5.74) is 8.64. The first kappa shape index (κ1) is 14.7. The number of fused-ring (bicyclic) bond motifs is 1. The molecular weight excluding hydrogens is 305 g/mol. The van der Waals surface area contributed by atoms with Gasteiger partial charge in [-0.3, -0.25) is 0 Å². The zero-order valence-electron chi connectivity index (χ0n) is 11.6. The number of halogens is 2. The van der Waals surface area contributed by atoms with Gasteiger partial charge in [-0.2, -0.15) is 0 Å². The van der Waals surface area contributed by atoms with Crippen LogP contribution in [0, 0.1) is 5.92 Å². The van der Waals surface area contributed by atoms with E-state index in [1.54, 1.807) is 6.07 Å². The van der Waals surface area contributed by atoms with Gasteiger partial charge in [0.1, 0.15) is 5.75 Å². The number of para-hydroxylation sites is 1. The molecule has 1 heterocycles. The smallest absolute Gasteiger partial charge is 0.122 e. The van der Waals surface area contributed by atoms with Crippen molar-refractivity contribution in [1.82, 2.24) is 0 Å². The summed E-state index contributed by atoms with van der Waals surface area (Å²) in [7, 11) is 0. The Hall–Kier alpha value is -1.22. The first-order valence-electron chi connectivity index (χ1n) is 7.03. The largest absolute Gasteiger partial charge is 0.493 e. The second-order valence-corrected chi connectivity index (χ2v) is 6.33. The summed E-state index contributed by atoms with van der Waals surface area (Å²) < 4.78 is 5.81. The van der Waals surface area contributed by atoms with Crippen molar-refractivity contribution in [3.05, 3.63) is 63.6 Å². The van der Waals surface area contributed by atoms with Crippen LogP contribution in [0.1, 0.15) is 11.1 Å². The fourth-order valence-corrected chi connectivity index (χ4v) is 3.22. The third-order valence-corrected chi connectivity index (χ3v) is 4.57. The highest BCUT2D eigenvalue weighted by Gasteiger charge is 2.25. The number of hydrogen-bond donors (Lipinski definition) is 1. The van der Waals surface area contributed by atoms with E-state index < -0.39 is 0 Å². The van der Waals surface area contributed by atoms with Crippen molar-refractivity contribution in [2.45, 2.75) is 18.9 Å². The molecule has 2 N–H and O–H groups in total. The Morgan fingerprint density at radius 3 is 2.81 bits per heavy atom. The van der Waals surface area contributed by atoms with E-state index in [1.807, 2.05) is 30.3 Å². The Kier molecular flexibility index (Phi) is 4.39. The summed E-state index contributed by atoms with van der Waals surface area (Å²) in [6.45, 7) is 0.656. The zero-order valence-corrected chi connectivity index (χ0v) is 13.1. The standard InChI is InChI=1S/C17H17Cl2NO/c18-14-6-5-11(15(19)9-14)8-16(20)13-7-12-3-1-2-4-17(12)21-10-13/h1-6,9,13,16H,7-8,10,20H2. The van der Waals surface area contributed by atoms with Crippen molar-refractivity contribution in [3.63, 3.8) is 0 Å². The van der Waals surface area contributed by atoms with Gasteiger partial charge in [0.15, 0.2) is 0 Å². The molecular formula is C17H17Cl2NO. The lowest BCUT2D eigenvalue weighted by molar-refractivity contribution is 0.199. The molecule has 110 valence electrons. The minimum atomic E-state index is 0.0111. The Balaban J connectivity index is 1.70. The van der Waals surface area contributed by atoms with Crippen LogP contribution in [0.15, 0.2) is 42.5 Å². The highest BCUT2D eigenvalue weighted by Crippen LogP contribution is 2.29. The molecule has 0 bridgehead atoms. The minimum Gasteiger partial charge on any atom is -0.493 e. The normalized spacial score (nSPS) is 18.7. The molecule has 0 saturated heterocycles. The molecule has 0 aromatic heterocycles. The van der Waals surface area contributed by atoms with Crippen molar-refractivity contribution in [2.75, 3.05) is 6.61 Å². The molecule has 2 nitrogen and oxygen atoms in total. The molecule has 0 amide bonds. The van der Waals surface area contributed by atoms with Crippen LogP contribution >= 0.6 is 23.2 Å². The molecule has 0 spiro atoms. The minimum absolute atomic E-state index is 0.0111. The summed E-state index contributed by atoms with van der Waals surface area (Å²) in [6, 6.07) is 13.7. The van der Waals surface area contributed by atoms with Crippen LogP contribution in [0.2, 0.25) is 10.0 Å². The van der Waals surface area contributed by atoms with Gasteiger partial charge < -0.3 is 10.5 Å². The van der Waals surface area contributed by atoms with E-state index in [2.05, 4.69) is 6.07 Å². The van der Waals surface area contributed by atoms with Gasteiger partial charge in [-0.25, -0.2) is 0 Å². The summed E-state index contributed by atoms with van der Waals surface area (Å²) in [5.74, 6) is 1.28. The van der Waals surface area contributed by atoms with Crippen LogP contribution < -0.4 is 10.5 Å². The molecule has 3 rings (SSSR count). The maximum absolute atomic E-state index is 6.37. The Labute approximate surface area is 134 Å². The quantitative estimate of drug-likeness (QED) is 0.923. The van der Waals surface area contributed by atoms with Gasteiger partial charge in [-0.1, -0.05) is 47.5 Å². The third-order valence-electron chi connectivity index (χ3n) is 3.98. The molecule has 0 fully saturated rings. The molecule has 21 heavy (non-hydrogen) atoms. The monoisotopic (exact) mass is 321 g/mol. The lowest BCUT2D eigenvalue weighted by Gasteiger charge is -2.29. The van der Waals surface area contributed by atoms with Gasteiger partial charge in [0.05, 0.1) is 6.61 Å².